The predicted molar refractivity (Wildman–Crippen MR) is 115 cm³/mol. The summed E-state index contributed by atoms with van der Waals surface area (Å²) in [5, 5.41) is 12.5. The Morgan fingerprint density at radius 3 is 2.67 bits per heavy atom. The van der Waals surface area contributed by atoms with E-state index < -0.39 is 11.7 Å². The molecule has 1 heterocycles. The lowest BCUT2D eigenvalue weighted by Crippen LogP contribution is -2.38. The number of nitriles is 1. The molecule has 2 atom stereocenters. The summed E-state index contributed by atoms with van der Waals surface area (Å²) in [6.07, 6.45) is 1.84. The Balaban J connectivity index is 1.93. The normalized spacial score (nSPS) is 13.1. The van der Waals surface area contributed by atoms with Crippen LogP contribution >= 0.6 is 11.6 Å². The van der Waals surface area contributed by atoms with Gasteiger partial charge in [-0.3, -0.25) is 0 Å². The summed E-state index contributed by atoms with van der Waals surface area (Å²) in [5.74, 6) is 0.655. The molecule has 0 radical (unpaired) electrons. The Bertz CT molecular complexity index is 921. The number of nitrogens with zero attached hydrogens (tertiary/aromatic N) is 3. The molecule has 0 saturated carbocycles. The molecule has 30 heavy (non-hydrogen) atoms. The molecule has 1 aromatic carbocycles. The van der Waals surface area contributed by atoms with E-state index in [0.29, 0.717) is 30.0 Å². The molecule has 0 saturated heterocycles. The Morgan fingerprint density at radius 1 is 1.30 bits per heavy atom. The molecule has 1 N–H and O–H groups in total. The average Bonchev–Trinajstić information content (AvgIpc) is 2.64. The van der Waals surface area contributed by atoms with Gasteiger partial charge in [0.15, 0.2) is 0 Å². The third-order valence-electron chi connectivity index (χ3n) is 4.06. The largest absolute Gasteiger partial charge is 0.492 e. The maximum absolute atomic E-state index is 11.9. The molecule has 0 aliphatic heterocycles. The zero-order valence-corrected chi connectivity index (χ0v) is 18.7. The van der Waals surface area contributed by atoms with Gasteiger partial charge in [0, 0.05) is 17.8 Å². The number of hydrogen-bond donors (Lipinski definition) is 1. The lowest BCUT2D eigenvalue weighted by atomic mass is 10.0. The van der Waals surface area contributed by atoms with Gasteiger partial charge >= 0.3 is 6.09 Å². The highest BCUT2D eigenvalue weighted by Crippen LogP contribution is 2.26. The van der Waals surface area contributed by atoms with Crippen LogP contribution in [0.1, 0.15) is 46.6 Å². The second-order valence-electron chi connectivity index (χ2n) is 8.23. The highest BCUT2D eigenvalue weighted by molar-refractivity contribution is 6.28. The van der Waals surface area contributed by atoms with E-state index in [9.17, 15) is 10.1 Å². The van der Waals surface area contributed by atoms with Crippen molar-refractivity contribution in [3.05, 3.63) is 41.3 Å². The van der Waals surface area contributed by atoms with Crippen molar-refractivity contribution >= 4 is 17.7 Å². The van der Waals surface area contributed by atoms with Crippen LogP contribution < -0.4 is 10.1 Å². The van der Waals surface area contributed by atoms with Crippen molar-refractivity contribution in [1.82, 2.24) is 15.3 Å². The number of rotatable bonds is 7. The molecule has 0 spiro atoms. The topological polar surface area (TPSA) is 97.1 Å². The highest BCUT2D eigenvalue weighted by Gasteiger charge is 2.19. The van der Waals surface area contributed by atoms with Gasteiger partial charge in [-0.25, -0.2) is 14.8 Å². The number of hydrogen-bond acceptors (Lipinski definition) is 6. The SMILES string of the molecule is CC(COc1ccc(-c2ccnc(Cl)n2)cc1C#N)CC(C)NC(=O)OC(C)(C)C. The van der Waals surface area contributed by atoms with E-state index >= 15 is 0 Å². The van der Waals surface area contributed by atoms with Crippen molar-refractivity contribution in [2.45, 2.75) is 52.7 Å². The first-order valence-electron chi connectivity index (χ1n) is 9.72. The quantitative estimate of drug-likeness (QED) is 0.621. The van der Waals surface area contributed by atoms with Gasteiger partial charge in [-0.1, -0.05) is 6.92 Å². The van der Waals surface area contributed by atoms with Crippen molar-refractivity contribution in [2.75, 3.05) is 6.61 Å². The summed E-state index contributed by atoms with van der Waals surface area (Å²) in [4.78, 5) is 19.9. The molecule has 0 bridgehead atoms. The standard InChI is InChI=1S/C22H27ClN4O3/c1-14(10-15(2)26-21(28)30-22(3,4)5)13-29-19-7-6-16(11-17(19)12-24)18-8-9-25-20(23)27-18/h6-9,11,14-15H,10,13H2,1-5H3,(H,26,28). The van der Waals surface area contributed by atoms with Gasteiger partial charge in [0.1, 0.15) is 17.4 Å². The lowest BCUT2D eigenvalue weighted by Gasteiger charge is -2.23. The smallest absolute Gasteiger partial charge is 0.407 e. The van der Waals surface area contributed by atoms with Crippen LogP contribution in [0.25, 0.3) is 11.3 Å². The molecule has 0 fully saturated rings. The average molecular weight is 431 g/mol. The molecular formula is C22H27ClN4O3. The zero-order chi connectivity index (χ0) is 22.3. The molecule has 2 rings (SSSR count). The zero-order valence-electron chi connectivity index (χ0n) is 17.9. The second kappa shape index (κ2) is 10.3. The maximum atomic E-state index is 11.9. The molecule has 7 nitrogen and oxygen atoms in total. The van der Waals surface area contributed by atoms with Crippen molar-refractivity contribution in [1.29, 1.82) is 5.26 Å². The van der Waals surface area contributed by atoms with Crippen LogP contribution in [-0.2, 0) is 4.74 Å². The first-order valence-corrected chi connectivity index (χ1v) is 10.1. The molecular weight excluding hydrogens is 404 g/mol. The van der Waals surface area contributed by atoms with E-state index in [0.717, 1.165) is 5.56 Å². The maximum Gasteiger partial charge on any atom is 0.407 e. The van der Waals surface area contributed by atoms with E-state index in [1.54, 1.807) is 24.4 Å². The number of carbonyl (C=O) groups is 1. The number of alkyl carbamates (subject to hydrolysis) is 1. The van der Waals surface area contributed by atoms with Gasteiger partial charge in [-0.2, -0.15) is 5.26 Å². The summed E-state index contributed by atoms with van der Waals surface area (Å²) < 4.78 is 11.1. The van der Waals surface area contributed by atoms with Crippen LogP contribution in [0.4, 0.5) is 4.79 Å². The van der Waals surface area contributed by atoms with Gasteiger partial charge in [-0.05, 0) is 75.9 Å². The fourth-order valence-corrected chi connectivity index (χ4v) is 3.02. The van der Waals surface area contributed by atoms with Crippen molar-refractivity contribution < 1.29 is 14.3 Å². The Labute approximate surface area is 182 Å². The molecule has 160 valence electrons. The van der Waals surface area contributed by atoms with E-state index in [4.69, 9.17) is 21.1 Å². The third-order valence-corrected chi connectivity index (χ3v) is 4.25. The molecule has 1 aromatic heterocycles. The van der Waals surface area contributed by atoms with E-state index in [1.165, 1.54) is 0 Å². The number of aromatic nitrogens is 2. The summed E-state index contributed by atoms with van der Waals surface area (Å²) in [6.45, 7) is 9.83. The number of ether oxygens (including phenoxy) is 2. The van der Waals surface area contributed by atoms with Crippen LogP contribution in [0.2, 0.25) is 5.28 Å². The van der Waals surface area contributed by atoms with Crippen LogP contribution in [0.5, 0.6) is 5.75 Å². The number of benzene rings is 1. The summed E-state index contributed by atoms with van der Waals surface area (Å²) in [7, 11) is 0. The monoisotopic (exact) mass is 430 g/mol. The second-order valence-corrected chi connectivity index (χ2v) is 8.57. The van der Waals surface area contributed by atoms with Gasteiger partial charge < -0.3 is 14.8 Å². The van der Waals surface area contributed by atoms with Crippen molar-refractivity contribution in [3.8, 4) is 23.1 Å². The fraction of sp³-hybridized carbons (Fsp3) is 0.455. The first-order chi connectivity index (χ1) is 14.1. The van der Waals surface area contributed by atoms with Crippen LogP contribution in [0.3, 0.4) is 0 Å². The number of amides is 1. The lowest BCUT2D eigenvalue weighted by molar-refractivity contribution is 0.0500. The molecule has 0 aliphatic rings. The Hall–Kier alpha value is -2.85. The van der Waals surface area contributed by atoms with Gasteiger partial charge in [0.25, 0.3) is 0 Å². The van der Waals surface area contributed by atoms with Crippen molar-refractivity contribution in [2.24, 2.45) is 5.92 Å². The number of carbonyl (C=O) groups excluding carboxylic acids is 1. The minimum absolute atomic E-state index is 0.0706. The molecule has 2 unspecified atom stereocenters. The third kappa shape index (κ3) is 7.53. The van der Waals surface area contributed by atoms with Crippen molar-refractivity contribution in [3.63, 3.8) is 0 Å². The van der Waals surface area contributed by atoms with E-state index in [-0.39, 0.29) is 17.2 Å². The summed E-state index contributed by atoms with van der Waals surface area (Å²) in [5.41, 5.74) is 1.27. The van der Waals surface area contributed by atoms with Gasteiger partial charge in [-0.15, -0.1) is 0 Å². The minimum atomic E-state index is -0.532. The minimum Gasteiger partial charge on any atom is -0.492 e. The predicted octanol–water partition coefficient (Wildman–Crippen LogP) is 4.99. The Morgan fingerprint density at radius 2 is 2.03 bits per heavy atom. The number of nitrogens with one attached hydrogen (secondary N) is 1. The fourth-order valence-electron chi connectivity index (χ4n) is 2.87. The molecule has 2 aromatic rings. The van der Waals surface area contributed by atoms with Crippen LogP contribution in [0, 0.1) is 17.2 Å². The van der Waals surface area contributed by atoms with E-state index in [1.807, 2.05) is 40.7 Å². The molecule has 1 amide bonds. The highest BCUT2D eigenvalue weighted by atomic mass is 35.5. The Kier molecular flexibility index (Phi) is 8.01. The number of halogens is 1. The molecule has 8 heteroatoms. The first kappa shape index (κ1) is 23.4. The van der Waals surface area contributed by atoms with Crippen LogP contribution in [0.15, 0.2) is 30.5 Å². The van der Waals surface area contributed by atoms with Gasteiger partial charge in [0.05, 0.1) is 17.9 Å². The molecule has 0 aliphatic carbocycles. The summed E-state index contributed by atoms with van der Waals surface area (Å²) in [6, 6.07) is 9.10. The van der Waals surface area contributed by atoms with Gasteiger partial charge in [0.2, 0.25) is 5.28 Å². The van der Waals surface area contributed by atoms with Crippen LogP contribution in [-0.4, -0.2) is 34.3 Å². The summed E-state index contributed by atoms with van der Waals surface area (Å²) >= 11 is 5.84. The van der Waals surface area contributed by atoms with E-state index in [2.05, 4.69) is 21.4 Å².